The number of carbonyl (C=O) groups excluding carboxylic acids is 6. The van der Waals surface area contributed by atoms with Crippen molar-refractivity contribution in [2.75, 3.05) is 41.7 Å². The van der Waals surface area contributed by atoms with Gasteiger partial charge < -0.3 is 39.6 Å². The van der Waals surface area contributed by atoms with E-state index in [0.29, 0.717) is 57.9 Å². The Kier molecular flexibility index (Phi) is 28.2. The number of fused-ring (bicyclic) bond motifs is 8. The van der Waals surface area contributed by atoms with Gasteiger partial charge in [0.15, 0.2) is 11.4 Å². The molecule has 4 aliphatic heterocycles. The number of aldehydes is 4. The van der Waals surface area contributed by atoms with Crippen molar-refractivity contribution in [3.05, 3.63) is 202 Å². The Bertz CT molecular complexity index is 5310. The third-order valence-corrected chi connectivity index (χ3v) is 24.8. The third-order valence-electron chi connectivity index (χ3n) is 22.4. The summed E-state index contributed by atoms with van der Waals surface area (Å²) in [5.74, 6) is -0.628. The number of carbonyl (C=O) groups is 6. The summed E-state index contributed by atoms with van der Waals surface area (Å²) in [4.78, 5) is 73.0. The van der Waals surface area contributed by atoms with Crippen LogP contribution in [0.5, 0.6) is 0 Å². The maximum atomic E-state index is 12.6. The SMILES string of the molecule is CCN1/C(=C/C=C/C=C/C2=[N+](CCCCCC(=O)NC(CC=O)CC=O)c3ccc4c(C)cc(S(=O)(=O)O)cc4c3C2(C)C)C(C)(C)c2c1ccc1c(C)cc(S(=O)(=O)O)cc21.Cc1ccc2c(c1)C(C)(C)C(=CC=CC=CC1=[N+](CCCS(=O)(=O)O)c3ccc(C)cc3C1(C)C)N2CCCCCC(=O)NC(CC=O)CC=O. The maximum absolute atomic E-state index is 12.6. The highest BCUT2D eigenvalue weighted by molar-refractivity contribution is 7.86. The van der Waals surface area contributed by atoms with Crippen molar-refractivity contribution in [2.24, 2.45) is 0 Å². The van der Waals surface area contributed by atoms with Crippen LogP contribution in [0.25, 0.3) is 21.5 Å². The molecular weight excluding hydrogens is 1490 g/mol. The van der Waals surface area contributed by atoms with Crippen LogP contribution < -0.4 is 20.4 Å². The van der Waals surface area contributed by atoms with Gasteiger partial charge in [-0.25, -0.2) is 0 Å². The van der Waals surface area contributed by atoms with E-state index in [4.69, 9.17) is 0 Å². The van der Waals surface area contributed by atoms with Gasteiger partial charge in [0.05, 0.1) is 26.4 Å². The van der Waals surface area contributed by atoms with Crippen molar-refractivity contribution < 1.29 is 76.8 Å². The number of benzene rings is 6. The van der Waals surface area contributed by atoms with Gasteiger partial charge in [-0.1, -0.05) is 106 Å². The summed E-state index contributed by atoms with van der Waals surface area (Å²) in [5, 5.41) is 8.88. The molecule has 6 aromatic carbocycles. The first-order valence-corrected chi connectivity index (χ1v) is 43.3. The van der Waals surface area contributed by atoms with E-state index in [1.165, 1.54) is 40.2 Å². The van der Waals surface area contributed by atoms with Crippen LogP contribution in [-0.4, -0.2) is 140 Å². The fraction of sp³-hybridized carbons (Fsp3) is 0.416. The molecule has 24 heteroatoms. The first kappa shape index (κ1) is 87.5. The summed E-state index contributed by atoms with van der Waals surface area (Å²) >= 11 is 0. The Morgan fingerprint density at radius 1 is 0.460 bits per heavy atom. The van der Waals surface area contributed by atoms with Crippen LogP contribution in [0.15, 0.2) is 167 Å². The summed E-state index contributed by atoms with van der Waals surface area (Å²) in [6, 6.07) is 26.2. The van der Waals surface area contributed by atoms with Crippen LogP contribution in [0.3, 0.4) is 0 Å². The topological polar surface area (TPSA) is 302 Å². The van der Waals surface area contributed by atoms with Gasteiger partial charge in [-0.2, -0.15) is 34.4 Å². The quantitative estimate of drug-likeness (QED) is 0.00812. The number of rotatable bonds is 35. The van der Waals surface area contributed by atoms with Crippen LogP contribution in [0.4, 0.5) is 22.7 Å². The van der Waals surface area contributed by atoms with Crippen molar-refractivity contribution in [2.45, 2.75) is 217 Å². The molecule has 0 aliphatic carbocycles. The summed E-state index contributed by atoms with van der Waals surface area (Å²) in [6.07, 6.45) is 29.2. The van der Waals surface area contributed by atoms with Crippen LogP contribution in [0.2, 0.25) is 0 Å². The Morgan fingerprint density at radius 2 is 0.912 bits per heavy atom. The number of anilines is 2. The number of likely N-dealkylation sites (N-methyl/N-ethyl adjacent to an activating group) is 1. The molecule has 0 radical (unpaired) electrons. The molecule has 602 valence electrons. The molecule has 0 atom stereocenters. The summed E-state index contributed by atoms with van der Waals surface area (Å²) < 4.78 is 106. The van der Waals surface area contributed by atoms with Crippen molar-refractivity contribution in [3.63, 3.8) is 0 Å². The van der Waals surface area contributed by atoms with Gasteiger partial charge in [-0.05, 0) is 192 Å². The molecule has 4 aliphatic rings. The van der Waals surface area contributed by atoms with Crippen molar-refractivity contribution in [1.29, 1.82) is 0 Å². The van der Waals surface area contributed by atoms with E-state index in [2.05, 4.69) is 185 Å². The average Bonchev–Trinajstić information content (AvgIpc) is 1.58. The van der Waals surface area contributed by atoms with E-state index in [0.717, 1.165) is 128 Å². The molecular formula is C89H110N6O15S3+2. The highest BCUT2D eigenvalue weighted by Crippen LogP contribution is 2.53. The van der Waals surface area contributed by atoms with Crippen LogP contribution in [0.1, 0.15) is 190 Å². The summed E-state index contributed by atoms with van der Waals surface area (Å²) in [7, 11) is -12.9. The zero-order valence-electron chi connectivity index (χ0n) is 67.3. The molecule has 0 fully saturated rings. The lowest BCUT2D eigenvalue weighted by Crippen LogP contribution is -2.35. The zero-order chi connectivity index (χ0) is 82.8. The van der Waals surface area contributed by atoms with E-state index in [1.54, 1.807) is 12.1 Å². The van der Waals surface area contributed by atoms with Gasteiger partial charge in [0.25, 0.3) is 30.4 Å². The molecule has 0 saturated heterocycles. The number of hydrogen-bond acceptors (Lipinski definition) is 14. The normalized spacial score (nSPS) is 16.9. The Morgan fingerprint density at radius 3 is 1.42 bits per heavy atom. The number of aryl methyl sites for hydroxylation is 4. The van der Waals surface area contributed by atoms with E-state index in [9.17, 15) is 67.7 Å². The van der Waals surface area contributed by atoms with Gasteiger partial charge >= 0.3 is 0 Å². The average molecular weight is 1600 g/mol. The molecule has 4 heterocycles. The maximum Gasteiger partial charge on any atom is 0.294 e. The van der Waals surface area contributed by atoms with Crippen LogP contribution in [0, 0.1) is 27.7 Å². The first-order valence-electron chi connectivity index (χ1n) is 38.8. The largest absolute Gasteiger partial charge is 0.353 e. The van der Waals surface area contributed by atoms with Gasteiger partial charge in [0, 0.05) is 146 Å². The minimum Gasteiger partial charge on any atom is -0.353 e. The first-order chi connectivity index (χ1) is 53.3. The molecule has 5 N–H and O–H groups in total. The molecule has 21 nitrogen and oxygen atoms in total. The van der Waals surface area contributed by atoms with Gasteiger partial charge in [-0.15, -0.1) is 0 Å². The molecule has 0 spiro atoms. The van der Waals surface area contributed by atoms with Crippen molar-refractivity contribution >= 4 is 123 Å². The van der Waals surface area contributed by atoms with Gasteiger partial charge in [-0.3, -0.25) is 23.2 Å². The highest BCUT2D eigenvalue weighted by Gasteiger charge is 2.48. The lowest BCUT2D eigenvalue weighted by atomic mass is 9.78. The molecule has 2 amide bonds. The Labute approximate surface area is 666 Å². The summed E-state index contributed by atoms with van der Waals surface area (Å²) in [5.41, 5.74) is 15.1. The van der Waals surface area contributed by atoms with Crippen LogP contribution in [-0.2, 0) is 80.8 Å². The standard InChI is InChI=1S/C48H55N3O9S2.C41H53N3O6S/c1-8-50-40-20-18-36-31(2)27-34(61(55,56)57)29-38(36)45(40)47(4,5)42(50)15-11-9-12-16-43-48(6,7)46-39-30-35(62(58,59)60)28-32(3)37(39)19-21-41(46)51(43)24-14-10-13-17-44(54)49-33(22-25-52)23-26-53;1-30-17-19-35-33(28-30)40(3,4)37(43(35)23-12-8-11-16-39(47)42-32(21-25-45)22-26-46)14-9-7-10-15-38-41(5,6)34-29-31(2)18-20-36(34)44(38)24-13-27-51(48,49)50/h9,11-12,15-16,18-21,25-30,33H,8,10,13-14,17,22-24H2,1-7H3,(H2-,49,54,55,56,57,58,59,60);7,9-10,14-15,17-20,25-26,28-29,32H,8,11-13,16,21-24,27H2,1-6H3,(H-,42,47,48,49,50)/p+2. The molecule has 0 unspecified atom stereocenters. The van der Waals surface area contributed by atoms with Crippen molar-refractivity contribution in [3.8, 4) is 0 Å². The molecule has 113 heavy (non-hydrogen) atoms. The van der Waals surface area contributed by atoms with Crippen LogP contribution >= 0.6 is 0 Å². The zero-order valence-corrected chi connectivity index (χ0v) is 69.8. The second-order valence-electron chi connectivity index (χ2n) is 32.0. The minimum absolute atomic E-state index is 0.0800. The Balaban J connectivity index is 0.000000264. The molecule has 6 aromatic rings. The number of unbranched alkanes of at least 4 members (excludes halogenated alkanes) is 4. The molecule has 0 saturated carbocycles. The number of nitrogens with one attached hydrogen (secondary N) is 2. The number of nitrogens with zero attached hydrogens (tertiary/aromatic N) is 4. The van der Waals surface area contributed by atoms with Gasteiger partial charge in [0.1, 0.15) is 38.2 Å². The number of allylic oxidation sites excluding steroid dienone is 12. The number of amides is 2. The van der Waals surface area contributed by atoms with E-state index in [1.807, 2.05) is 56.4 Å². The second-order valence-corrected chi connectivity index (χ2v) is 36.5. The Hall–Kier alpha value is -9.43. The molecule has 10 rings (SSSR count). The monoisotopic (exact) mass is 1600 g/mol. The molecule has 0 bridgehead atoms. The van der Waals surface area contributed by atoms with Gasteiger partial charge in [0.2, 0.25) is 23.2 Å². The third kappa shape index (κ3) is 20.0. The predicted molar refractivity (Wildman–Crippen MR) is 449 cm³/mol. The highest BCUT2D eigenvalue weighted by atomic mass is 32.2. The van der Waals surface area contributed by atoms with Crippen molar-refractivity contribution in [1.82, 2.24) is 10.6 Å². The van der Waals surface area contributed by atoms with E-state index < -0.39 is 53.3 Å². The lowest BCUT2D eigenvalue weighted by Gasteiger charge is -2.27. The minimum atomic E-state index is -4.47. The van der Waals surface area contributed by atoms with E-state index >= 15 is 0 Å². The second kappa shape index (κ2) is 36.4. The lowest BCUT2D eigenvalue weighted by molar-refractivity contribution is -0.438. The fourth-order valence-electron chi connectivity index (χ4n) is 16.7. The summed E-state index contributed by atoms with van der Waals surface area (Å²) in [6.45, 7) is 29.8. The predicted octanol–water partition coefficient (Wildman–Crippen LogP) is 15.5. The number of hydrogen-bond donors (Lipinski definition) is 5. The fourth-order valence-corrected chi connectivity index (χ4v) is 18.4. The van der Waals surface area contributed by atoms with E-state index in [-0.39, 0.29) is 70.3 Å². The smallest absolute Gasteiger partial charge is 0.294 e. The molecule has 0 aromatic heterocycles.